The summed E-state index contributed by atoms with van der Waals surface area (Å²) in [5, 5.41) is 0. The van der Waals surface area contributed by atoms with Gasteiger partial charge in [0.25, 0.3) is 0 Å². The maximum atomic E-state index is 5.74. The largest absolute Gasteiger partial charge is 0.501 e. The summed E-state index contributed by atoms with van der Waals surface area (Å²) in [7, 11) is 0. The molecule has 1 aliphatic heterocycles. The molecule has 0 amide bonds. The number of rotatable bonds is 5. The van der Waals surface area contributed by atoms with Crippen LogP contribution < -0.4 is 0 Å². The van der Waals surface area contributed by atoms with Gasteiger partial charge in [-0.05, 0) is 43.1 Å². The quantitative estimate of drug-likeness (QED) is 0.544. The molecular formula is C17H24OS. The summed E-state index contributed by atoms with van der Waals surface area (Å²) in [5.41, 5.74) is 2.43. The molecule has 1 aliphatic rings. The molecule has 1 atom stereocenters. The first-order chi connectivity index (χ1) is 9.20. The molecule has 0 spiro atoms. The van der Waals surface area contributed by atoms with Gasteiger partial charge in [0.1, 0.15) is 0 Å². The monoisotopic (exact) mass is 276 g/mol. The maximum Gasteiger partial charge on any atom is 0.0886 e. The van der Waals surface area contributed by atoms with Crippen molar-refractivity contribution >= 4 is 17.3 Å². The average molecular weight is 276 g/mol. The molecule has 1 aromatic rings. The van der Waals surface area contributed by atoms with Crippen molar-refractivity contribution in [2.45, 2.75) is 44.3 Å². The number of benzene rings is 1. The zero-order chi connectivity index (χ0) is 13.6. The van der Waals surface area contributed by atoms with Gasteiger partial charge in [-0.3, -0.25) is 0 Å². The molecule has 0 aliphatic carbocycles. The van der Waals surface area contributed by atoms with Crippen LogP contribution in [-0.2, 0) is 4.74 Å². The van der Waals surface area contributed by atoms with Crippen LogP contribution in [0.2, 0.25) is 0 Å². The maximum absolute atomic E-state index is 5.74. The molecule has 0 bridgehead atoms. The van der Waals surface area contributed by atoms with E-state index in [0.717, 1.165) is 13.0 Å². The molecule has 0 N–H and O–H groups in total. The number of hydrogen-bond donors (Lipinski definition) is 0. The van der Waals surface area contributed by atoms with Crippen molar-refractivity contribution in [1.29, 1.82) is 0 Å². The van der Waals surface area contributed by atoms with Gasteiger partial charge in [-0.15, -0.1) is 0 Å². The molecular weight excluding hydrogens is 252 g/mol. The molecule has 1 unspecified atom stereocenters. The molecule has 1 heterocycles. The van der Waals surface area contributed by atoms with Gasteiger partial charge < -0.3 is 4.74 Å². The SMILES string of the molecule is C/C(=C/OCCC1(C)CCCCS1)c1ccccc1. The van der Waals surface area contributed by atoms with Gasteiger partial charge in [-0.2, -0.15) is 11.8 Å². The van der Waals surface area contributed by atoms with Gasteiger partial charge in [-0.25, -0.2) is 0 Å². The van der Waals surface area contributed by atoms with E-state index >= 15 is 0 Å². The Morgan fingerprint density at radius 2 is 2.11 bits per heavy atom. The van der Waals surface area contributed by atoms with Crippen LogP contribution in [0.25, 0.3) is 5.57 Å². The Bertz CT molecular complexity index is 405. The first-order valence-electron chi connectivity index (χ1n) is 7.17. The lowest BCUT2D eigenvalue weighted by Gasteiger charge is -2.32. The molecule has 104 valence electrons. The van der Waals surface area contributed by atoms with Crippen molar-refractivity contribution in [2.24, 2.45) is 0 Å². The summed E-state index contributed by atoms with van der Waals surface area (Å²) in [6, 6.07) is 10.4. The topological polar surface area (TPSA) is 9.23 Å². The van der Waals surface area contributed by atoms with Crippen LogP contribution in [0.4, 0.5) is 0 Å². The van der Waals surface area contributed by atoms with Crippen molar-refractivity contribution < 1.29 is 4.74 Å². The van der Waals surface area contributed by atoms with E-state index in [0.29, 0.717) is 4.75 Å². The summed E-state index contributed by atoms with van der Waals surface area (Å²) < 4.78 is 6.18. The first-order valence-corrected chi connectivity index (χ1v) is 8.16. The van der Waals surface area contributed by atoms with Gasteiger partial charge in [0.15, 0.2) is 0 Å². The molecule has 0 saturated carbocycles. The number of ether oxygens (including phenoxy) is 1. The van der Waals surface area contributed by atoms with Crippen molar-refractivity contribution in [3.8, 4) is 0 Å². The highest BCUT2D eigenvalue weighted by Gasteiger charge is 2.26. The summed E-state index contributed by atoms with van der Waals surface area (Å²) in [6.07, 6.45) is 7.15. The summed E-state index contributed by atoms with van der Waals surface area (Å²) >= 11 is 2.12. The molecule has 2 heteroatoms. The van der Waals surface area contributed by atoms with E-state index in [1.165, 1.54) is 36.2 Å². The fraction of sp³-hybridized carbons (Fsp3) is 0.529. The summed E-state index contributed by atoms with van der Waals surface area (Å²) in [5.74, 6) is 1.31. The minimum absolute atomic E-state index is 0.437. The lowest BCUT2D eigenvalue weighted by atomic mass is 9.99. The van der Waals surface area contributed by atoms with Crippen LogP contribution in [-0.4, -0.2) is 17.1 Å². The third-order valence-corrected chi connectivity index (χ3v) is 5.39. The second kappa shape index (κ2) is 7.04. The Kier molecular flexibility index (Phi) is 5.38. The van der Waals surface area contributed by atoms with E-state index in [-0.39, 0.29) is 0 Å². The predicted octanol–water partition coefficient (Wildman–Crippen LogP) is 5.13. The van der Waals surface area contributed by atoms with Crippen molar-refractivity contribution in [1.82, 2.24) is 0 Å². The van der Waals surface area contributed by atoms with E-state index in [2.05, 4.69) is 49.9 Å². The smallest absolute Gasteiger partial charge is 0.0886 e. The highest BCUT2D eigenvalue weighted by atomic mass is 32.2. The minimum atomic E-state index is 0.437. The molecule has 0 radical (unpaired) electrons. The zero-order valence-corrected chi connectivity index (χ0v) is 12.8. The van der Waals surface area contributed by atoms with Crippen molar-refractivity contribution in [2.75, 3.05) is 12.4 Å². The van der Waals surface area contributed by atoms with E-state index in [4.69, 9.17) is 4.74 Å². The summed E-state index contributed by atoms with van der Waals surface area (Å²) in [6.45, 7) is 5.31. The number of hydrogen-bond acceptors (Lipinski definition) is 2. The number of thioether (sulfide) groups is 1. The third-order valence-electron chi connectivity index (χ3n) is 3.79. The highest BCUT2D eigenvalue weighted by Crippen LogP contribution is 2.38. The van der Waals surface area contributed by atoms with Crippen molar-refractivity contribution in [3.05, 3.63) is 42.2 Å². The van der Waals surface area contributed by atoms with E-state index < -0.39 is 0 Å². The Balaban J connectivity index is 1.77. The molecule has 1 nitrogen and oxygen atoms in total. The Morgan fingerprint density at radius 3 is 2.79 bits per heavy atom. The van der Waals surface area contributed by atoms with Crippen LogP contribution >= 0.6 is 11.8 Å². The minimum Gasteiger partial charge on any atom is -0.501 e. The molecule has 1 saturated heterocycles. The van der Waals surface area contributed by atoms with E-state index in [9.17, 15) is 0 Å². The van der Waals surface area contributed by atoms with Crippen LogP contribution in [0.5, 0.6) is 0 Å². The van der Waals surface area contributed by atoms with Gasteiger partial charge in [0.2, 0.25) is 0 Å². The third kappa shape index (κ3) is 4.61. The van der Waals surface area contributed by atoms with E-state index in [1.54, 1.807) is 0 Å². The Morgan fingerprint density at radius 1 is 1.32 bits per heavy atom. The normalized spacial score (nSPS) is 24.2. The van der Waals surface area contributed by atoms with Gasteiger partial charge >= 0.3 is 0 Å². The van der Waals surface area contributed by atoms with Crippen LogP contribution in [0.1, 0.15) is 45.1 Å². The molecule has 0 aromatic heterocycles. The lowest BCUT2D eigenvalue weighted by Crippen LogP contribution is -2.25. The van der Waals surface area contributed by atoms with Crippen LogP contribution in [0, 0.1) is 0 Å². The van der Waals surface area contributed by atoms with Crippen LogP contribution in [0.15, 0.2) is 36.6 Å². The summed E-state index contributed by atoms with van der Waals surface area (Å²) in [4.78, 5) is 0. The standard InChI is InChI=1S/C17H24OS/c1-15(16-8-4-3-5-9-16)14-18-12-11-17(2)10-6-7-13-19-17/h3-5,8-9,14H,6-7,10-13H2,1-2H3/b15-14-. The fourth-order valence-corrected chi connectivity index (χ4v) is 3.77. The average Bonchev–Trinajstić information content (AvgIpc) is 2.45. The predicted molar refractivity (Wildman–Crippen MR) is 85.4 cm³/mol. The lowest BCUT2D eigenvalue weighted by molar-refractivity contribution is 0.229. The molecule has 2 rings (SSSR count). The Hall–Kier alpha value is -0.890. The van der Waals surface area contributed by atoms with Gasteiger partial charge in [0.05, 0.1) is 12.9 Å². The van der Waals surface area contributed by atoms with E-state index in [1.807, 2.05) is 12.3 Å². The fourth-order valence-electron chi connectivity index (χ4n) is 2.42. The second-order valence-electron chi connectivity index (χ2n) is 5.54. The Labute approximate surface area is 121 Å². The highest BCUT2D eigenvalue weighted by molar-refractivity contribution is 8.00. The van der Waals surface area contributed by atoms with Crippen molar-refractivity contribution in [3.63, 3.8) is 0 Å². The van der Waals surface area contributed by atoms with Crippen LogP contribution in [0.3, 0.4) is 0 Å². The van der Waals surface area contributed by atoms with Gasteiger partial charge in [0, 0.05) is 4.75 Å². The van der Waals surface area contributed by atoms with Gasteiger partial charge in [-0.1, -0.05) is 43.7 Å². The second-order valence-corrected chi connectivity index (χ2v) is 7.23. The zero-order valence-electron chi connectivity index (χ0n) is 12.0. The molecule has 1 fully saturated rings. The molecule has 1 aromatic carbocycles. The first kappa shape index (κ1) is 14.5. The molecule has 19 heavy (non-hydrogen) atoms. The number of allylic oxidation sites excluding steroid dienone is 1.